The Morgan fingerprint density at radius 1 is 1.08 bits per heavy atom. The van der Waals surface area contributed by atoms with E-state index in [9.17, 15) is 14.0 Å². The summed E-state index contributed by atoms with van der Waals surface area (Å²) in [7, 11) is 0. The van der Waals surface area contributed by atoms with Crippen molar-refractivity contribution < 1.29 is 14.0 Å². The van der Waals surface area contributed by atoms with Crippen molar-refractivity contribution in [3.05, 3.63) is 35.6 Å². The molecule has 3 amide bonds. The Labute approximate surface area is 142 Å². The summed E-state index contributed by atoms with van der Waals surface area (Å²) in [6.07, 6.45) is 1.80. The van der Waals surface area contributed by atoms with Crippen LogP contribution in [0.25, 0.3) is 0 Å². The smallest absolute Gasteiger partial charge is 0.317 e. The Morgan fingerprint density at radius 2 is 1.71 bits per heavy atom. The van der Waals surface area contributed by atoms with E-state index in [0.29, 0.717) is 39.0 Å². The lowest BCUT2D eigenvalue weighted by Crippen LogP contribution is -2.44. The first-order valence-electron chi connectivity index (χ1n) is 8.53. The monoisotopic (exact) mass is 335 g/mol. The van der Waals surface area contributed by atoms with E-state index in [1.807, 2.05) is 18.7 Å². The van der Waals surface area contributed by atoms with Crippen molar-refractivity contribution in [1.29, 1.82) is 0 Å². The van der Waals surface area contributed by atoms with Crippen LogP contribution in [0.5, 0.6) is 0 Å². The Morgan fingerprint density at radius 3 is 2.38 bits per heavy atom. The van der Waals surface area contributed by atoms with Crippen molar-refractivity contribution in [1.82, 2.24) is 15.1 Å². The molecule has 1 heterocycles. The SMILES string of the molecule is CC(C)NC(=O)N1CCCN(C(=O)CCc2ccc(F)cc2)CC1. The van der Waals surface area contributed by atoms with Crippen LogP contribution in [0.1, 0.15) is 32.3 Å². The predicted molar refractivity (Wildman–Crippen MR) is 91.2 cm³/mol. The van der Waals surface area contributed by atoms with Gasteiger partial charge in [-0.1, -0.05) is 12.1 Å². The van der Waals surface area contributed by atoms with Crippen molar-refractivity contribution >= 4 is 11.9 Å². The van der Waals surface area contributed by atoms with Crippen molar-refractivity contribution in [3.8, 4) is 0 Å². The van der Waals surface area contributed by atoms with Crippen LogP contribution in [0.2, 0.25) is 0 Å². The van der Waals surface area contributed by atoms with Crippen molar-refractivity contribution in [2.75, 3.05) is 26.2 Å². The molecule has 0 bridgehead atoms. The number of benzene rings is 1. The number of carbonyl (C=O) groups excluding carboxylic acids is 2. The highest BCUT2D eigenvalue weighted by Crippen LogP contribution is 2.09. The normalized spacial score (nSPS) is 15.3. The van der Waals surface area contributed by atoms with Gasteiger partial charge in [-0.15, -0.1) is 0 Å². The number of hydrogen-bond donors (Lipinski definition) is 1. The molecular formula is C18H26FN3O2. The number of halogens is 1. The predicted octanol–water partition coefficient (Wildman–Crippen LogP) is 2.41. The van der Waals surface area contributed by atoms with Crippen LogP contribution in [-0.4, -0.2) is 54.0 Å². The zero-order chi connectivity index (χ0) is 17.5. The Bertz CT molecular complexity index is 560. The molecule has 2 rings (SSSR count). The highest BCUT2D eigenvalue weighted by molar-refractivity contribution is 5.77. The molecule has 5 nitrogen and oxygen atoms in total. The van der Waals surface area contributed by atoms with Gasteiger partial charge in [0.15, 0.2) is 0 Å². The Kier molecular flexibility index (Phi) is 6.58. The number of aryl methyl sites for hydroxylation is 1. The molecular weight excluding hydrogens is 309 g/mol. The summed E-state index contributed by atoms with van der Waals surface area (Å²) in [5, 5.41) is 2.89. The zero-order valence-electron chi connectivity index (χ0n) is 14.4. The molecule has 1 aliphatic heterocycles. The Balaban J connectivity index is 1.81. The minimum Gasteiger partial charge on any atom is -0.341 e. The van der Waals surface area contributed by atoms with E-state index < -0.39 is 0 Å². The number of rotatable bonds is 4. The minimum absolute atomic E-state index is 0.0642. The van der Waals surface area contributed by atoms with Gasteiger partial charge in [0.1, 0.15) is 5.82 Å². The van der Waals surface area contributed by atoms with Gasteiger partial charge in [0.25, 0.3) is 0 Å². The lowest BCUT2D eigenvalue weighted by molar-refractivity contribution is -0.131. The number of nitrogens with one attached hydrogen (secondary N) is 1. The maximum absolute atomic E-state index is 12.9. The lowest BCUT2D eigenvalue weighted by Gasteiger charge is -2.23. The first-order chi connectivity index (χ1) is 11.5. The molecule has 0 aliphatic carbocycles. The summed E-state index contributed by atoms with van der Waals surface area (Å²) in [4.78, 5) is 28.0. The van der Waals surface area contributed by atoms with Crippen LogP contribution in [0, 0.1) is 5.82 Å². The molecule has 0 aromatic heterocycles. The largest absolute Gasteiger partial charge is 0.341 e. The van der Waals surface area contributed by atoms with Crippen molar-refractivity contribution in [2.45, 2.75) is 39.2 Å². The summed E-state index contributed by atoms with van der Waals surface area (Å²) in [5.41, 5.74) is 0.956. The number of amides is 3. The van der Waals surface area contributed by atoms with E-state index in [0.717, 1.165) is 12.0 Å². The fourth-order valence-corrected chi connectivity index (χ4v) is 2.77. The molecule has 0 radical (unpaired) electrons. The molecule has 132 valence electrons. The second-order valence-corrected chi connectivity index (χ2v) is 6.45. The van der Waals surface area contributed by atoms with Crippen LogP contribution >= 0.6 is 0 Å². The molecule has 0 unspecified atom stereocenters. The van der Waals surface area contributed by atoms with E-state index in [1.165, 1.54) is 12.1 Å². The molecule has 24 heavy (non-hydrogen) atoms. The maximum atomic E-state index is 12.9. The standard InChI is InChI=1S/C18H26FN3O2/c1-14(2)20-18(24)22-11-3-10-21(12-13-22)17(23)9-6-15-4-7-16(19)8-5-15/h4-5,7-8,14H,3,6,9-13H2,1-2H3,(H,20,24). The third kappa shape index (κ3) is 5.51. The molecule has 1 aliphatic rings. The topological polar surface area (TPSA) is 52.7 Å². The average molecular weight is 335 g/mol. The van der Waals surface area contributed by atoms with Gasteiger partial charge in [-0.2, -0.15) is 0 Å². The van der Waals surface area contributed by atoms with E-state index in [1.54, 1.807) is 17.0 Å². The maximum Gasteiger partial charge on any atom is 0.317 e. The second-order valence-electron chi connectivity index (χ2n) is 6.45. The highest BCUT2D eigenvalue weighted by Gasteiger charge is 2.22. The molecule has 6 heteroatoms. The molecule has 0 spiro atoms. The Hall–Kier alpha value is -2.11. The number of nitrogens with zero attached hydrogens (tertiary/aromatic N) is 2. The average Bonchev–Trinajstić information content (AvgIpc) is 2.79. The molecule has 1 aromatic rings. The molecule has 1 saturated heterocycles. The van der Waals surface area contributed by atoms with Gasteiger partial charge in [0.05, 0.1) is 0 Å². The molecule has 1 fully saturated rings. The van der Waals surface area contributed by atoms with Gasteiger partial charge >= 0.3 is 6.03 Å². The second kappa shape index (κ2) is 8.66. The van der Waals surface area contributed by atoms with E-state index in [-0.39, 0.29) is 23.8 Å². The van der Waals surface area contributed by atoms with Crippen LogP contribution in [-0.2, 0) is 11.2 Å². The summed E-state index contributed by atoms with van der Waals surface area (Å²) in [6.45, 7) is 6.32. The van der Waals surface area contributed by atoms with Crippen molar-refractivity contribution in [2.24, 2.45) is 0 Å². The van der Waals surface area contributed by atoms with E-state index in [2.05, 4.69) is 5.32 Å². The fraction of sp³-hybridized carbons (Fsp3) is 0.556. The first kappa shape index (κ1) is 18.2. The summed E-state index contributed by atoms with van der Waals surface area (Å²) >= 11 is 0. The molecule has 0 atom stereocenters. The first-order valence-corrected chi connectivity index (χ1v) is 8.53. The van der Waals surface area contributed by atoms with Gasteiger partial charge in [-0.3, -0.25) is 4.79 Å². The van der Waals surface area contributed by atoms with Crippen LogP contribution in [0.3, 0.4) is 0 Å². The highest BCUT2D eigenvalue weighted by atomic mass is 19.1. The molecule has 0 saturated carbocycles. The van der Waals surface area contributed by atoms with Gasteiger partial charge in [-0.25, -0.2) is 9.18 Å². The zero-order valence-corrected chi connectivity index (χ0v) is 14.4. The number of urea groups is 1. The third-order valence-corrected chi connectivity index (χ3v) is 4.09. The summed E-state index contributed by atoms with van der Waals surface area (Å²) < 4.78 is 12.9. The molecule has 1 N–H and O–H groups in total. The van der Waals surface area contributed by atoms with Crippen LogP contribution in [0.15, 0.2) is 24.3 Å². The van der Waals surface area contributed by atoms with Gasteiger partial charge in [0, 0.05) is 38.6 Å². The van der Waals surface area contributed by atoms with Crippen molar-refractivity contribution in [3.63, 3.8) is 0 Å². The van der Waals surface area contributed by atoms with Crippen LogP contribution < -0.4 is 5.32 Å². The van der Waals surface area contributed by atoms with Gasteiger partial charge in [0.2, 0.25) is 5.91 Å². The van der Waals surface area contributed by atoms with Crippen LogP contribution in [0.4, 0.5) is 9.18 Å². The quantitative estimate of drug-likeness (QED) is 0.919. The molecule has 1 aromatic carbocycles. The van der Waals surface area contributed by atoms with E-state index >= 15 is 0 Å². The number of carbonyl (C=O) groups is 2. The third-order valence-electron chi connectivity index (χ3n) is 4.09. The van der Waals surface area contributed by atoms with Gasteiger partial charge in [-0.05, 0) is 44.4 Å². The van der Waals surface area contributed by atoms with E-state index in [4.69, 9.17) is 0 Å². The lowest BCUT2D eigenvalue weighted by atomic mass is 10.1. The van der Waals surface area contributed by atoms with Gasteiger partial charge < -0.3 is 15.1 Å². The fourth-order valence-electron chi connectivity index (χ4n) is 2.77. The summed E-state index contributed by atoms with van der Waals surface area (Å²) in [6, 6.07) is 6.29. The minimum atomic E-state index is -0.266. The number of hydrogen-bond acceptors (Lipinski definition) is 2. The summed E-state index contributed by atoms with van der Waals surface area (Å²) in [5.74, 6) is -0.178.